The van der Waals surface area contributed by atoms with Crippen LogP contribution < -0.4 is 10.6 Å². The summed E-state index contributed by atoms with van der Waals surface area (Å²) in [4.78, 5) is 11.7. The van der Waals surface area contributed by atoms with Gasteiger partial charge in [0.05, 0.1) is 0 Å². The monoisotopic (exact) mass is 223 g/mol. The first kappa shape index (κ1) is 14.5. The van der Waals surface area contributed by atoms with Crippen molar-refractivity contribution in [3.8, 4) is 6.07 Å². The van der Waals surface area contributed by atoms with E-state index < -0.39 is 0 Å². The van der Waals surface area contributed by atoms with Crippen molar-refractivity contribution in [2.75, 3.05) is 0 Å². The zero-order chi connectivity index (χ0) is 13.0. The minimum atomic E-state index is -0.355. The quantitative estimate of drug-likeness (QED) is 0.553. The number of hydrogen-bond donors (Lipinski definition) is 2. The second kappa shape index (κ2) is 5.02. The van der Waals surface area contributed by atoms with E-state index in [9.17, 15) is 4.79 Å². The van der Waals surface area contributed by atoms with Crippen molar-refractivity contribution in [3.05, 3.63) is 11.8 Å². The van der Waals surface area contributed by atoms with Gasteiger partial charge in [0, 0.05) is 17.3 Å². The molecule has 0 aromatic carbocycles. The van der Waals surface area contributed by atoms with E-state index in [0.717, 1.165) is 0 Å². The van der Waals surface area contributed by atoms with E-state index in [-0.39, 0.29) is 22.6 Å². The van der Waals surface area contributed by atoms with Crippen LogP contribution in [0.2, 0.25) is 0 Å². The molecular weight excluding hydrogens is 202 g/mol. The summed E-state index contributed by atoms with van der Waals surface area (Å²) >= 11 is 0. The van der Waals surface area contributed by atoms with E-state index in [1.807, 2.05) is 47.6 Å². The molecule has 4 nitrogen and oxygen atoms in total. The summed E-state index contributed by atoms with van der Waals surface area (Å²) in [6.45, 7) is 11.5. The molecule has 0 saturated carbocycles. The van der Waals surface area contributed by atoms with E-state index in [2.05, 4.69) is 10.6 Å². The second-order valence-electron chi connectivity index (χ2n) is 5.77. The van der Waals surface area contributed by atoms with Gasteiger partial charge < -0.3 is 10.6 Å². The van der Waals surface area contributed by atoms with Crippen LogP contribution in [0.1, 0.15) is 41.5 Å². The molecule has 4 heteroatoms. The lowest BCUT2D eigenvalue weighted by Gasteiger charge is -2.21. The Morgan fingerprint density at radius 2 is 1.62 bits per heavy atom. The first-order valence-electron chi connectivity index (χ1n) is 5.26. The standard InChI is InChI=1S/C12H21N3O/c1-11(2,3)14-8-9(7-13)10(16)15-12(4,5)6/h8,14H,1-6H3,(H,15,16)/b9-8-. The minimum Gasteiger partial charge on any atom is -0.385 e. The zero-order valence-corrected chi connectivity index (χ0v) is 10.9. The molecule has 0 aliphatic rings. The first-order valence-corrected chi connectivity index (χ1v) is 5.26. The molecular formula is C12H21N3O. The highest BCUT2D eigenvalue weighted by Crippen LogP contribution is 2.03. The van der Waals surface area contributed by atoms with Crippen molar-refractivity contribution in [2.24, 2.45) is 0 Å². The predicted octanol–water partition coefficient (Wildman–Crippen LogP) is 1.70. The topological polar surface area (TPSA) is 64.9 Å². The lowest BCUT2D eigenvalue weighted by atomic mass is 10.1. The Morgan fingerprint density at radius 3 is 1.94 bits per heavy atom. The van der Waals surface area contributed by atoms with Gasteiger partial charge in [0.15, 0.2) is 0 Å². The van der Waals surface area contributed by atoms with Gasteiger partial charge in [-0.05, 0) is 41.5 Å². The first-order chi connectivity index (χ1) is 7.05. The number of carbonyl (C=O) groups excluding carboxylic acids is 1. The summed E-state index contributed by atoms with van der Waals surface area (Å²) in [7, 11) is 0. The SMILES string of the molecule is CC(C)(C)N/C=C(/C#N)C(=O)NC(C)(C)C. The molecule has 0 aliphatic heterocycles. The molecule has 2 N–H and O–H groups in total. The molecule has 0 aromatic heterocycles. The molecule has 0 heterocycles. The van der Waals surface area contributed by atoms with Gasteiger partial charge in [-0.2, -0.15) is 5.26 Å². The molecule has 0 saturated heterocycles. The highest BCUT2D eigenvalue weighted by molar-refractivity contribution is 5.97. The van der Waals surface area contributed by atoms with Crippen LogP contribution >= 0.6 is 0 Å². The van der Waals surface area contributed by atoms with Gasteiger partial charge >= 0.3 is 0 Å². The van der Waals surface area contributed by atoms with Crippen molar-refractivity contribution in [3.63, 3.8) is 0 Å². The Kier molecular flexibility index (Phi) is 4.55. The predicted molar refractivity (Wildman–Crippen MR) is 64.5 cm³/mol. The van der Waals surface area contributed by atoms with Crippen LogP contribution in [0, 0.1) is 11.3 Å². The summed E-state index contributed by atoms with van der Waals surface area (Å²) in [6, 6.07) is 1.88. The molecule has 0 aliphatic carbocycles. The molecule has 0 rings (SSSR count). The van der Waals surface area contributed by atoms with Gasteiger partial charge in [-0.15, -0.1) is 0 Å². The summed E-state index contributed by atoms with van der Waals surface area (Å²) in [5.74, 6) is -0.355. The number of nitrogens with one attached hydrogen (secondary N) is 2. The van der Waals surface area contributed by atoms with Gasteiger partial charge in [-0.25, -0.2) is 0 Å². The third kappa shape index (κ3) is 6.88. The summed E-state index contributed by atoms with van der Waals surface area (Å²) < 4.78 is 0. The Balaban J connectivity index is 4.65. The summed E-state index contributed by atoms with van der Waals surface area (Å²) in [5, 5.41) is 14.6. The normalized spacial score (nSPS) is 12.9. The third-order valence-corrected chi connectivity index (χ3v) is 1.50. The van der Waals surface area contributed by atoms with Crippen LogP contribution in [0.5, 0.6) is 0 Å². The smallest absolute Gasteiger partial charge is 0.263 e. The highest BCUT2D eigenvalue weighted by atomic mass is 16.1. The Bertz CT molecular complexity index is 324. The maximum atomic E-state index is 11.7. The lowest BCUT2D eigenvalue weighted by Crippen LogP contribution is -2.42. The number of nitrogens with zero attached hydrogens (tertiary/aromatic N) is 1. The van der Waals surface area contributed by atoms with E-state index >= 15 is 0 Å². The van der Waals surface area contributed by atoms with Crippen LogP contribution in [0.15, 0.2) is 11.8 Å². The molecule has 0 spiro atoms. The Hall–Kier alpha value is -1.50. The van der Waals surface area contributed by atoms with Crippen LogP contribution in [0.4, 0.5) is 0 Å². The maximum absolute atomic E-state index is 11.7. The van der Waals surface area contributed by atoms with Crippen molar-refractivity contribution in [2.45, 2.75) is 52.6 Å². The van der Waals surface area contributed by atoms with Gasteiger partial charge in [-0.1, -0.05) is 0 Å². The van der Waals surface area contributed by atoms with Crippen LogP contribution in [-0.4, -0.2) is 17.0 Å². The molecule has 0 fully saturated rings. The largest absolute Gasteiger partial charge is 0.385 e. The molecule has 0 bridgehead atoms. The lowest BCUT2D eigenvalue weighted by molar-refractivity contribution is -0.118. The fourth-order valence-electron chi connectivity index (χ4n) is 0.845. The van der Waals surface area contributed by atoms with Crippen LogP contribution in [0.25, 0.3) is 0 Å². The van der Waals surface area contributed by atoms with E-state index in [0.29, 0.717) is 0 Å². The second-order valence-corrected chi connectivity index (χ2v) is 5.77. The highest BCUT2D eigenvalue weighted by Gasteiger charge is 2.17. The van der Waals surface area contributed by atoms with Crippen molar-refractivity contribution in [1.82, 2.24) is 10.6 Å². The summed E-state index contributed by atoms with van der Waals surface area (Å²) in [5.41, 5.74) is -0.413. The molecule has 0 atom stereocenters. The Morgan fingerprint density at radius 1 is 1.12 bits per heavy atom. The van der Waals surface area contributed by atoms with E-state index in [1.54, 1.807) is 0 Å². The molecule has 90 valence electrons. The van der Waals surface area contributed by atoms with Gasteiger partial charge in [0.25, 0.3) is 5.91 Å². The average Bonchev–Trinajstić information content (AvgIpc) is 1.99. The molecule has 0 aromatic rings. The van der Waals surface area contributed by atoms with Crippen molar-refractivity contribution < 1.29 is 4.79 Å². The van der Waals surface area contributed by atoms with Gasteiger partial charge in [-0.3, -0.25) is 4.79 Å². The number of nitriles is 1. The molecule has 0 unspecified atom stereocenters. The number of amides is 1. The van der Waals surface area contributed by atoms with E-state index in [4.69, 9.17) is 5.26 Å². The third-order valence-electron chi connectivity index (χ3n) is 1.50. The van der Waals surface area contributed by atoms with Gasteiger partial charge in [0.1, 0.15) is 11.6 Å². The van der Waals surface area contributed by atoms with Crippen molar-refractivity contribution >= 4 is 5.91 Å². The van der Waals surface area contributed by atoms with Crippen molar-refractivity contribution in [1.29, 1.82) is 5.26 Å². The Labute approximate surface area is 97.7 Å². The van der Waals surface area contributed by atoms with Crippen LogP contribution in [-0.2, 0) is 4.79 Å². The maximum Gasteiger partial charge on any atom is 0.263 e. The fourth-order valence-corrected chi connectivity index (χ4v) is 0.845. The average molecular weight is 223 g/mol. The van der Waals surface area contributed by atoms with E-state index in [1.165, 1.54) is 6.20 Å². The van der Waals surface area contributed by atoms with Gasteiger partial charge in [0.2, 0.25) is 0 Å². The fraction of sp³-hybridized carbons (Fsp3) is 0.667. The molecule has 1 amide bonds. The number of rotatable bonds is 2. The number of carbonyl (C=O) groups is 1. The minimum absolute atomic E-state index is 0.0878. The zero-order valence-electron chi connectivity index (χ0n) is 10.9. The summed E-state index contributed by atoms with van der Waals surface area (Å²) in [6.07, 6.45) is 1.46. The van der Waals surface area contributed by atoms with Crippen LogP contribution in [0.3, 0.4) is 0 Å². The molecule has 16 heavy (non-hydrogen) atoms. The number of hydrogen-bond acceptors (Lipinski definition) is 3. The molecule has 0 radical (unpaired) electrons.